The molecule has 1 nitrogen and oxygen atoms in total. The van der Waals surface area contributed by atoms with Gasteiger partial charge in [0.15, 0.2) is 0 Å². The minimum absolute atomic E-state index is 0.0102. The molecule has 0 aliphatic carbocycles. The first-order valence-electron chi connectivity index (χ1n) is 3.82. The van der Waals surface area contributed by atoms with E-state index in [9.17, 15) is 0 Å². The minimum atomic E-state index is -0.0102. The van der Waals surface area contributed by atoms with Gasteiger partial charge in [0.2, 0.25) is 0 Å². The van der Waals surface area contributed by atoms with Crippen molar-refractivity contribution in [1.82, 2.24) is 0 Å². The van der Waals surface area contributed by atoms with Crippen molar-refractivity contribution in [3.05, 3.63) is 35.4 Å². The first kappa shape index (κ1) is 9.28. The molecule has 0 aliphatic rings. The van der Waals surface area contributed by atoms with Crippen LogP contribution in [0.3, 0.4) is 0 Å². The number of benzene rings is 1. The third-order valence-corrected chi connectivity index (χ3v) is 2.45. The molecule has 0 heterocycles. The van der Waals surface area contributed by atoms with Crippen LogP contribution in [-0.2, 0) is 5.33 Å². The maximum atomic E-state index is 8.69. The molecule has 1 unspecified atom stereocenters. The smallest absolute Gasteiger partial charge is 0.0700 e. The second-order valence-corrected chi connectivity index (χ2v) is 3.29. The summed E-state index contributed by atoms with van der Waals surface area (Å²) in [5.41, 5.74) is 2.31. The summed E-state index contributed by atoms with van der Waals surface area (Å²) < 4.78 is 0. The Bertz CT molecular complexity index is 301. The fraction of sp³-hybridized carbons (Fsp3) is 0.300. The van der Waals surface area contributed by atoms with Crippen molar-refractivity contribution in [2.24, 2.45) is 0 Å². The Morgan fingerprint density at radius 3 is 2.92 bits per heavy atom. The van der Waals surface area contributed by atoms with Crippen LogP contribution in [0.15, 0.2) is 24.3 Å². The number of nitrogens with zero attached hydrogens (tertiary/aromatic N) is 1. The Labute approximate surface area is 81.2 Å². The van der Waals surface area contributed by atoms with Gasteiger partial charge >= 0.3 is 0 Å². The molecule has 0 N–H and O–H groups in total. The van der Waals surface area contributed by atoms with Crippen molar-refractivity contribution in [2.75, 3.05) is 0 Å². The van der Waals surface area contributed by atoms with Crippen LogP contribution < -0.4 is 0 Å². The number of hydrogen-bond donors (Lipinski definition) is 0. The van der Waals surface area contributed by atoms with Crippen LogP contribution in [0.4, 0.5) is 0 Å². The normalized spacial score (nSPS) is 12.1. The summed E-state index contributed by atoms with van der Waals surface area (Å²) >= 11 is 3.38. The fourth-order valence-corrected chi connectivity index (χ4v) is 1.37. The van der Waals surface area contributed by atoms with Gasteiger partial charge in [0.1, 0.15) is 0 Å². The van der Waals surface area contributed by atoms with Crippen molar-refractivity contribution in [2.45, 2.75) is 18.2 Å². The van der Waals surface area contributed by atoms with Gasteiger partial charge in [-0.3, -0.25) is 0 Å². The SMILES string of the molecule is CC(C#N)c1cccc(CBr)c1. The predicted molar refractivity (Wildman–Crippen MR) is 53.1 cm³/mol. The summed E-state index contributed by atoms with van der Waals surface area (Å²) in [6, 6.07) is 10.3. The highest BCUT2D eigenvalue weighted by Gasteiger charge is 2.02. The molecular weight excluding hydrogens is 214 g/mol. The third-order valence-electron chi connectivity index (χ3n) is 1.80. The summed E-state index contributed by atoms with van der Waals surface area (Å²) in [7, 11) is 0. The van der Waals surface area contributed by atoms with Gasteiger partial charge in [0, 0.05) is 5.33 Å². The summed E-state index contributed by atoms with van der Waals surface area (Å²) in [6.45, 7) is 1.91. The summed E-state index contributed by atoms with van der Waals surface area (Å²) in [5.74, 6) is -0.0102. The van der Waals surface area contributed by atoms with Crippen LogP contribution in [0, 0.1) is 11.3 Å². The number of alkyl halides is 1. The van der Waals surface area contributed by atoms with E-state index in [1.807, 2.05) is 25.1 Å². The van der Waals surface area contributed by atoms with E-state index < -0.39 is 0 Å². The van der Waals surface area contributed by atoms with Gasteiger partial charge < -0.3 is 0 Å². The highest BCUT2D eigenvalue weighted by atomic mass is 79.9. The first-order chi connectivity index (χ1) is 5.77. The zero-order chi connectivity index (χ0) is 8.97. The zero-order valence-electron chi connectivity index (χ0n) is 6.92. The Balaban J connectivity index is 2.95. The average molecular weight is 224 g/mol. The molecule has 12 heavy (non-hydrogen) atoms. The van der Waals surface area contributed by atoms with Gasteiger partial charge in [-0.25, -0.2) is 0 Å². The van der Waals surface area contributed by atoms with Crippen LogP contribution in [0.1, 0.15) is 24.0 Å². The lowest BCUT2D eigenvalue weighted by atomic mass is 10.0. The first-order valence-corrected chi connectivity index (χ1v) is 4.94. The van der Waals surface area contributed by atoms with E-state index in [-0.39, 0.29) is 5.92 Å². The number of hydrogen-bond acceptors (Lipinski definition) is 1. The Morgan fingerprint density at radius 2 is 2.33 bits per heavy atom. The van der Waals surface area contributed by atoms with Gasteiger partial charge in [-0.1, -0.05) is 40.2 Å². The van der Waals surface area contributed by atoms with E-state index in [1.165, 1.54) is 5.56 Å². The maximum absolute atomic E-state index is 8.69. The number of rotatable bonds is 2. The van der Waals surface area contributed by atoms with Crippen LogP contribution in [0.25, 0.3) is 0 Å². The summed E-state index contributed by atoms with van der Waals surface area (Å²) in [5, 5.41) is 9.54. The van der Waals surface area contributed by atoms with E-state index in [2.05, 4.69) is 28.1 Å². The summed E-state index contributed by atoms with van der Waals surface area (Å²) in [6.07, 6.45) is 0. The van der Waals surface area contributed by atoms with Crippen LogP contribution in [0.5, 0.6) is 0 Å². The highest BCUT2D eigenvalue weighted by molar-refractivity contribution is 9.08. The largest absolute Gasteiger partial charge is 0.198 e. The lowest BCUT2D eigenvalue weighted by Crippen LogP contribution is -1.90. The molecule has 0 fully saturated rings. The molecule has 62 valence electrons. The molecular formula is C10H10BrN. The molecule has 0 amide bonds. The Morgan fingerprint density at radius 1 is 1.58 bits per heavy atom. The molecule has 2 heteroatoms. The molecule has 0 aliphatic heterocycles. The molecule has 0 aromatic heterocycles. The van der Waals surface area contributed by atoms with Gasteiger partial charge in [-0.05, 0) is 18.1 Å². The molecule has 1 aromatic carbocycles. The predicted octanol–water partition coefficient (Wildman–Crippen LogP) is 3.21. The molecule has 0 bridgehead atoms. The number of nitriles is 1. The van der Waals surface area contributed by atoms with E-state index in [4.69, 9.17) is 5.26 Å². The van der Waals surface area contributed by atoms with Crippen molar-refractivity contribution in [3.8, 4) is 6.07 Å². The quantitative estimate of drug-likeness (QED) is 0.707. The zero-order valence-corrected chi connectivity index (χ0v) is 8.51. The molecule has 0 radical (unpaired) electrons. The maximum Gasteiger partial charge on any atom is 0.0700 e. The minimum Gasteiger partial charge on any atom is -0.198 e. The van der Waals surface area contributed by atoms with Gasteiger partial charge in [-0.15, -0.1) is 0 Å². The van der Waals surface area contributed by atoms with E-state index in [0.717, 1.165) is 10.9 Å². The molecule has 0 saturated heterocycles. The van der Waals surface area contributed by atoms with E-state index in [1.54, 1.807) is 0 Å². The summed E-state index contributed by atoms with van der Waals surface area (Å²) in [4.78, 5) is 0. The van der Waals surface area contributed by atoms with Gasteiger partial charge in [0.25, 0.3) is 0 Å². The van der Waals surface area contributed by atoms with Crippen LogP contribution in [0.2, 0.25) is 0 Å². The van der Waals surface area contributed by atoms with Crippen LogP contribution in [-0.4, -0.2) is 0 Å². The molecule has 1 rings (SSSR count). The van der Waals surface area contributed by atoms with Gasteiger partial charge in [0.05, 0.1) is 12.0 Å². The monoisotopic (exact) mass is 223 g/mol. The molecule has 0 spiro atoms. The third kappa shape index (κ3) is 2.09. The van der Waals surface area contributed by atoms with Gasteiger partial charge in [-0.2, -0.15) is 5.26 Å². The lowest BCUT2D eigenvalue weighted by Gasteiger charge is -2.03. The highest BCUT2D eigenvalue weighted by Crippen LogP contribution is 2.16. The lowest BCUT2D eigenvalue weighted by molar-refractivity contribution is 0.978. The standard InChI is InChI=1S/C10H10BrN/c1-8(7-12)10-4-2-3-9(5-10)6-11/h2-5,8H,6H2,1H3. The Kier molecular flexibility index (Phi) is 3.31. The van der Waals surface area contributed by atoms with Crippen LogP contribution >= 0.6 is 15.9 Å². The van der Waals surface area contributed by atoms with Crippen molar-refractivity contribution >= 4 is 15.9 Å². The topological polar surface area (TPSA) is 23.8 Å². The molecule has 1 atom stereocenters. The Hall–Kier alpha value is -0.810. The van der Waals surface area contributed by atoms with Crippen molar-refractivity contribution < 1.29 is 0 Å². The second-order valence-electron chi connectivity index (χ2n) is 2.73. The molecule has 1 aromatic rings. The molecule has 0 saturated carbocycles. The fourth-order valence-electron chi connectivity index (χ4n) is 1.02. The van der Waals surface area contributed by atoms with E-state index >= 15 is 0 Å². The van der Waals surface area contributed by atoms with Crippen molar-refractivity contribution in [1.29, 1.82) is 5.26 Å². The van der Waals surface area contributed by atoms with E-state index in [0.29, 0.717) is 0 Å². The average Bonchev–Trinajstić information content (AvgIpc) is 2.17. The van der Waals surface area contributed by atoms with Crippen molar-refractivity contribution in [3.63, 3.8) is 0 Å². The second kappa shape index (κ2) is 4.27. The number of halogens is 1.